The second-order valence-corrected chi connectivity index (χ2v) is 3.90. The van der Waals surface area contributed by atoms with E-state index in [1.54, 1.807) is 12.4 Å². The predicted octanol–water partition coefficient (Wildman–Crippen LogP) is 0.781. The van der Waals surface area contributed by atoms with Gasteiger partial charge in [0.15, 0.2) is 0 Å². The number of hydrogen-bond acceptors (Lipinski definition) is 4. The average molecular weight is 192 g/mol. The molecule has 2 rings (SSSR count). The lowest BCUT2D eigenvalue weighted by molar-refractivity contribution is 0.769. The van der Waals surface area contributed by atoms with Gasteiger partial charge in [-0.2, -0.15) is 0 Å². The van der Waals surface area contributed by atoms with E-state index in [4.69, 9.17) is 5.73 Å². The molecule has 0 bridgehead atoms. The van der Waals surface area contributed by atoms with Gasteiger partial charge >= 0.3 is 0 Å². The number of anilines is 1. The number of rotatable bonds is 4. The van der Waals surface area contributed by atoms with E-state index in [9.17, 15) is 0 Å². The van der Waals surface area contributed by atoms with Crippen LogP contribution in [-0.4, -0.2) is 23.6 Å². The standard InChI is InChI=1S/C10H16N4/c1-14(7-8-2-3-8)10-6-12-5-9(4-11)13-10/h5-6,8H,2-4,7,11H2,1H3. The Hall–Kier alpha value is -1.16. The van der Waals surface area contributed by atoms with Crippen LogP contribution in [0, 0.1) is 5.92 Å². The highest BCUT2D eigenvalue weighted by atomic mass is 15.2. The van der Waals surface area contributed by atoms with E-state index in [1.807, 2.05) is 0 Å². The molecule has 0 spiro atoms. The molecule has 1 fully saturated rings. The quantitative estimate of drug-likeness (QED) is 0.766. The van der Waals surface area contributed by atoms with Crippen LogP contribution in [0.1, 0.15) is 18.5 Å². The molecule has 0 unspecified atom stereocenters. The molecule has 4 nitrogen and oxygen atoms in total. The van der Waals surface area contributed by atoms with Crippen LogP contribution in [0.25, 0.3) is 0 Å². The summed E-state index contributed by atoms with van der Waals surface area (Å²) >= 11 is 0. The Kier molecular flexibility index (Phi) is 2.63. The molecule has 1 aromatic heterocycles. The molecular weight excluding hydrogens is 176 g/mol. The maximum atomic E-state index is 5.51. The zero-order valence-corrected chi connectivity index (χ0v) is 8.48. The Bertz CT molecular complexity index is 309. The molecule has 2 N–H and O–H groups in total. The third-order valence-electron chi connectivity index (χ3n) is 2.50. The molecule has 0 amide bonds. The summed E-state index contributed by atoms with van der Waals surface area (Å²) in [6.45, 7) is 1.54. The smallest absolute Gasteiger partial charge is 0.147 e. The first-order valence-electron chi connectivity index (χ1n) is 5.01. The summed E-state index contributed by atoms with van der Waals surface area (Å²) in [6, 6.07) is 0. The van der Waals surface area contributed by atoms with Crippen molar-refractivity contribution in [1.29, 1.82) is 0 Å². The van der Waals surface area contributed by atoms with Gasteiger partial charge in [-0.3, -0.25) is 4.98 Å². The van der Waals surface area contributed by atoms with Crippen molar-refractivity contribution in [1.82, 2.24) is 9.97 Å². The summed E-state index contributed by atoms with van der Waals surface area (Å²) in [7, 11) is 2.06. The highest BCUT2D eigenvalue weighted by Crippen LogP contribution is 2.30. The van der Waals surface area contributed by atoms with Crippen LogP contribution in [-0.2, 0) is 6.54 Å². The zero-order valence-electron chi connectivity index (χ0n) is 8.48. The fraction of sp³-hybridized carbons (Fsp3) is 0.600. The van der Waals surface area contributed by atoms with Crippen LogP contribution in [0.2, 0.25) is 0 Å². The summed E-state index contributed by atoms with van der Waals surface area (Å²) < 4.78 is 0. The van der Waals surface area contributed by atoms with Crippen molar-refractivity contribution in [2.45, 2.75) is 19.4 Å². The van der Waals surface area contributed by atoms with Crippen molar-refractivity contribution in [2.24, 2.45) is 11.7 Å². The fourth-order valence-corrected chi connectivity index (χ4v) is 1.46. The third-order valence-corrected chi connectivity index (χ3v) is 2.50. The molecule has 0 radical (unpaired) electrons. The lowest BCUT2D eigenvalue weighted by atomic mass is 10.4. The summed E-state index contributed by atoms with van der Waals surface area (Å²) in [5.41, 5.74) is 6.36. The van der Waals surface area contributed by atoms with Crippen molar-refractivity contribution in [3.8, 4) is 0 Å². The highest BCUT2D eigenvalue weighted by Gasteiger charge is 2.23. The number of aromatic nitrogens is 2. The van der Waals surface area contributed by atoms with Crippen LogP contribution in [0.3, 0.4) is 0 Å². The molecule has 76 valence electrons. The molecule has 0 atom stereocenters. The Balaban J connectivity index is 2.05. The van der Waals surface area contributed by atoms with Crippen LogP contribution in [0.15, 0.2) is 12.4 Å². The Morgan fingerprint density at radius 2 is 2.29 bits per heavy atom. The van der Waals surface area contributed by atoms with Crippen molar-refractivity contribution in [2.75, 3.05) is 18.5 Å². The Labute approximate surface area is 84.2 Å². The molecular formula is C10H16N4. The van der Waals surface area contributed by atoms with Gasteiger partial charge in [0.05, 0.1) is 11.9 Å². The molecule has 1 aromatic rings. The van der Waals surface area contributed by atoms with Gasteiger partial charge in [-0.25, -0.2) is 4.98 Å². The minimum atomic E-state index is 0.456. The second kappa shape index (κ2) is 3.92. The van der Waals surface area contributed by atoms with E-state index in [0.29, 0.717) is 6.54 Å². The van der Waals surface area contributed by atoms with E-state index in [-0.39, 0.29) is 0 Å². The molecule has 14 heavy (non-hydrogen) atoms. The van der Waals surface area contributed by atoms with E-state index in [0.717, 1.165) is 24.0 Å². The minimum Gasteiger partial charge on any atom is -0.358 e. The van der Waals surface area contributed by atoms with E-state index < -0.39 is 0 Å². The lowest BCUT2D eigenvalue weighted by Crippen LogP contribution is -2.21. The maximum absolute atomic E-state index is 5.51. The first-order valence-corrected chi connectivity index (χ1v) is 5.01. The molecule has 1 aliphatic carbocycles. The number of nitrogens with two attached hydrogens (primary N) is 1. The summed E-state index contributed by atoms with van der Waals surface area (Å²) in [5, 5.41) is 0. The fourth-order valence-electron chi connectivity index (χ4n) is 1.46. The van der Waals surface area contributed by atoms with E-state index in [2.05, 4.69) is 21.9 Å². The first-order chi connectivity index (χ1) is 6.79. The molecule has 0 saturated heterocycles. The highest BCUT2D eigenvalue weighted by molar-refractivity contribution is 5.35. The number of nitrogens with zero attached hydrogens (tertiary/aromatic N) is 3. The van der Waals surface area contributed by atoms with Gasteiger partial charge in [-0.05, 0) is 18.8 Å². The van der Waals surface area contributed by atoms with Crippen molar-refractivity contribution in [3.05, 3.63) is 18.1 Å². The van der Waals surface area contributed by atoms with Gasteiger partial charge in [0.25, 0.3) is 0 Å². The molecule has 4 heteroatoms. The maximum Gasteiger partial charge on any atom is 0.147 e. The summed E-state index contributed by atoms with van der Waals surface area (Å²) in [5.74, 6) is 1.79. The van der Waals surface area contributed by atoms with Crippen molar-refractivity contribution >= 4 is 5.82 Å². The van der Waals surface area contributed by atoms with Crippen LogP contribution in [0.5, 0.6) is 0 Å². The van der Waals surface area contributed by atoms with Gasteiger partial charge < -0.3 is 10.6 Å². The Morgan fingerprint density at radius 3 is 2.93 bits per heavy atom. The van der Waals surface area contributed by atoms with Crippen LogP contribution < -0.4 is 10.6 Å². The van der Waals surface area contributed by atoms with E-state index >= 15 is 0 Å². The second-order valence-electron chi connectivity index (χ2n) is 3.90. The molecule has 1 heterocycles. The van der Waals surface area contributed by atoms with Crippen molar-refractivity contribution < 1.29 is 0 Å². The van der Waals surface area contributed by atoms with Crippen molar-refractivity contribution in [3.63, 3.8) is 0 Å². The Morgan fingerprint density at radius 1 is 1.50 bits per heavy atom. The SMILES string of the molecule is CN(CC1CC1)c1cncc(CN)n1. The summed E-state index contributed by atoms with van der Waals surface area (Å²) in [4.78, 5) is 10.7. The zero-order chi connectivity index (χ0) is 9.97. The first kappa shape index (κ1) is 9.40. The van der Waals surface area contributed by atoms with Gasteiger partial charge in [0.2, 0.25) is 0 Å². The lowest BCUT2D eigenvalue weighted by Gasteiger charge is -2.17. The van der Waals surface area contributed by atoms with Crippen LogP contribution in [0.4, 0.5) is 5.82 Å². The molecule has 0 aliphatic heterocycles. The van der Waals surface area contributed by atoms with Gasteiger partial charge in [0, 0.05) is 26.3 Å². The topological polar surface area (TPSA) is 55.0 Å². The number of hydrogen-bond donors (Lipinski definition) is 1. The largest absolute Gasteiger partial charge is 0.358 e. The minimum absolute atomic E-state index is 0.456. The molecule has 1 saturated carbocycles. The van der Waals surface area contributed by atoms with Gasteiger partial charge in [0.1, 0.15) is 5.82 Å². The summed E-state index contributed by atoms with van der Waals surface area (Å²) in [6.07, 6.45) is 6.22. The predicted molar refractivity (Wildman–Crippen MR) is 55.9 cm³/mol. The average Bonchev–Trinajstić information content (AvgIpc) is 3.02. The molecule has 0 aromatic carbocycles. The normalized spacial score (nSPS) is 15.6. The molecule has 1 aliphatic rings. The van der Waals surface area contributed by atoms with E-state index in [1.165, 1.54) is 12.8 Å². The third kappa shape index (κ3) is 2.20. The van der Waals surface area contributed by atoms with Crippen LogP contribution >= 0.6 is 0 Å². The monoisotopic (exact) mass is 192 g/mol. The van der Waals surface area contributed by atoms with Gasteiger partial charge in [-0.15, -0.1) is 0 Å². The van der Waals surface area contributed by atoms with Gasteiger partial charge in [-0.1, -0.05) is 0 Å².